The van der Waals surface area contributed by atoms with Crippen LogP contribution in [0.2, 0.25) is 0 Å². The van der Waals surface area contributed by atoms with E-state index in [1.165, 1.54) is 38.3 Å². The number of nitrogens with zero attached hydrogens (tertiary/aromatic N) is 6. The fourth-order valence-electron chi connectivity index (χ4n) is 5.40. The van der Waals surface area contributed by atoms with E-state index in [0.29, 0.717) is 46.8 Å². The van der Waals surface area contributed by atoms with Crippen molar-refractivity contribution in [1.82, 2.24) is 29.9 Å². The third-order valence-electron chi connectivity index (χ3n) is 7.71. The lowest BCUT2D eigenvalue weighted by Gasteiger charge is -2.15. The van der Waals surface area contributed by atoms with E-state index in [2.05, 4.69) is 52.8 Å². The zero-order valence-electron chi connectivity index (χ0n) is 26.3. The molecule has 2 heterocycles. The SMILES string of the molecule is CCCCCCCCOc1cc(O)c(-c2ncnc(-c3ccc(C)cc3C)n2)c(-c2ncnc(-c3ccc(C)cc3C)n2)c1. The molecular weight excluding hydrogens is 548 g/mol. The Labute approximate surface area is 259 Å². The number of hydrogen-bond acceptors (Lipinski definition) is 8. The van der Waals surface area contributed by atoms with Gasteiger partial charge in [-0.3, -0.25) is 0 Å². The lowest BCUT2D eigenvalue weighted by Crippen LogP contribution is -2.03. The molecule has 1 N–H and O–H groups in total. The maximum atomic E-state index is 11.4. The van der Waals surface area contributed by atoms with Crippen LogP contribution in [0.15, 0.2) is 61.2 Å². The molecular formula is C36H40N6O2. The molecule has 0 saturated carbocycles. The predicted molar refractivity (Wildman–Crippen MR) is 174 cm³/mol. The molecule has 0 bridgehead atoms. The fraction of sp³-hybridized carbons (Fsp3) is 0.333. The van der Waals surface area contributed by atoms with Crippen LogP contribution in [0.1, 0.15) is 67.7 Å². The Balaban J connectivity index is 1.56. The molecule has 0 radical (unpaired) electrons. The Kier molecular flexibility index (Phi) is 9.89. The number of unbranched alkanes of at least 4 members (excludes halogenated alkanes) is 5. The molecule has 5 aromatic rings. The maximum Gasteiger partial charge on any atom is 0.167 e. The fourth-order valence-corrected chi connectivity index (χ4v) is 5.40. The van der Waals surface area contributed by atoms with Crippen LogP contribution in [-0.4, -0.2) is 41.6 Å². The minimum atomic E-state index is -0.0216. The van der Waals surface area contributed by atoms with Gasteiger partial charge in [-0.1, -0.05) is 86.6 Å². The third kappa shape index (κ3) is 7.25. The van der Waals surface area contributed by atoms with Crippen LogP contribution < -0.4 is 4.74 Å². The van der Waals surface area contributed by atoms with E-state index in [4.69, 9.17) is 14.7 Å². The molecule has 2 aromatic heterocycles. The standard InChI is InChI=1S/C36H40N6O2/c1-6-7-8-9-10-11-16-44-27-19-30(35-39-21-37-33(41-35)28-14-12-23(2)17-25(28)4)32(31(43)20-27)36-40-22-38-34(42-36)29-15-13-24(3)18-26(29)5/h12-15,17-22,43H,6-11,16H2,1-5H3. The van der Waals surface area contributed by atoms with Crippen molar-refractivity contribution in [2.75, 3.05) is 6.61 Å². The number of benzene rings is 3. The molecule has 8 heteroatoms. The molecule has 0 unspecified atom stereocenters. The highest BCUT2D eigenvalue weighted by Gasteiger charge is 2.21. The van der Waals surface area contributed by atoms with E-state index in [1.807, 2.05) is 44.2 Å². The lowest BCUT2D eigenvalue weighted by molar-refractivity contribution is 0.303. The number of phenols is 1. The summed E-state index contributed by atoms with van der Waals surface area (Å²) in [6.45, 7) is 11.0. The molecule has 226 valence electrons. The molecule has 0 fully saturated rings. The first-order chi connectivity index (χ1) is 21.3. The summed E-state index contributed by atoms with van der Waals surface area (Å²) in [6.07, 6.45) is 9.94. The molecule has 5 rings (SSSR count). The molecule has 0 amide bonds. The highest BCUT2D eigenvalue weighted by molar-refractivity contribution is 5.84. The second-order valence-electron chi connectivity index (χ2n) is 11.4. The van der Waals surface area contributed by atoms with Crippen LogP contribution in [0.3, 0.4) is 0 Å². The van der Waals surface area contributed by atoms with Crippen LogP contribution in [-0.2, 0) is 0 Å². The number of aromatic hydroxyl groups is 1. The summed E-state index contributed by atoms with van der Waals surface area (Å²) in [5, 5.41) is 11.4. The molecule has 0 aliphatic carbocycles. The Hall–Kier alpha value is -4.72. The molecule has 0 aliphatic heterocycles. The van der Waals surface area contributed by atoms with Crippen LogP contribution in [0.4, 0.5) is 0 Å². The molecule has 0 saturated heterocycles. The Morgan fingerprint density at radius 2 is 1.11 bits per heavy atom. The Morgan fingerprint density at radius 3 is 1.70 bits per heavy atom. The van der Waals surface area contributed by atoms with Crippen LogP contribution >= 0.6 is 0 Å². The first-order valence-electron chi connectivity index (χ1n) is 15.4. The van der Waals surface area contributed by atoms with Gasteiger partial charge < -0.3 is 9.84 Å². The smallest absolute Gasteiger partial charge is 0.167 e. The van der Waals surface area contributed by atoms with Gasteiger partial charge in [0.05, 0.1) is 12.2 Å². The Bertz CT molecular complexity index is 1750. The molecule has 44 heavy (non-hydrogen) atoms. The quantitative estimate of drug-likeness (QED) is 0.145. The summed E-state index contributed by atoms with van der Waals surface area (Å²) in [4.78, 5) is 27.6. The third-order valence-corrected chi connectivity index (χ3v) is 7.71. The number of rotatable bonds is 12. The minimum absolute atomic E-state index is 0.0216. The van der Waals surface area contributed by atoms with E-state index >= 15 is 0 Å². The van der Waals surface area contributed by atoms with Gasteiger partial charge in [-0.2, -0.15) is 0 Å². The predicted octanol–water partition coefficient (Wildman–Crippen LogP) is 8.40. The van der Waals surface area contributed by atoms with E-state index in [1.54, 1.807) is 6.07 Å². The highest BCUT2D eigenvalue weighted by atomic mass is 16.5. The number of ether oxygens (including phenoxy) is 1. The highest BCUT2D eigenvalue weighted by Crippen LogP contribution is 2.40. The van der Waals surface area contributed by atoms with Crippen molar-refractivity contribution in [3.8, 4) is 57.1 Å². The first kappa shape index (κ1) is 30.7. The van der Waals surface area contributed by atoms with Gasteiger partial charge in [0.2, 0.25) is 0 Å². The summed E-state index contributed by atoms with van der Waals surface area (Å²) in [5.41, 5.74) is 7.22. The van der Waals surface area contributed by atoms with Crippen molar-refractivity contribution in [3.63, 3.8) is 0 Å². The summed E-state index contributed by atoms with van der Waals surface area (Å²) >= 11 is 0. The van der Waals surface area contributed by atoms with E-state index < -0.39 is 0 Å². The molecule has 0 aliphatic rings. The lowest BCUT2D eigenvalue weighted by atomic mass is 10.0. The second-order valence-corrected chi connectivity index (χ2v) is 11.4. The molecule has 0 atom stereocenters. The van der Waals surface area contributed by atoms with Gasteiger partial charge in [-0.05, 0) is 51.3 Å². The minimum Gasteiger partial charge on any atom is -0.507 e. The zero-order valence-corrected chi connectivity index (χ0v) is 26.3. The summed E-state index contributed by atoms with van der Waals surface area (Å²) in [5.74, 6) is 2.28. The monoisotopic (exact) mass is 588 g/mol. The summed E-state index contributed by atoms with van der Waals surface area (Å²) in [7, 11) is 0. The number of aromatic nitrogens is 6. The van der Waals surface area contributed by atoms with Crippen molar-refractivity contribution in [2.24, 2.45) is 0 Å². The molecule has 0 spiro atoms. The van der Waals surface area contributed by atoms with Gasteiger partial charge in [-0.25, -0.2) is 29.9 Å². The van der Waals surface area contributed by atoms with Crippen molar-refractivity contribution in [1.29, 1.82) is 0 Å². The second kappa shape index (κ2) is 14.2. The number of phenolic OH excluding ortho intramolecular Hbond substituents is 1. The van der Waals surface area contributed by atoms with Crippen molar-refractivity contribution < 1.29 is 9.84 Å². The molecule has 8 nitrogen and oxygen atoms in total. The topological polar surface area (TPSA) is 107 Å². The normalized spacial score (nSPS) is 11.1. The van der Waals surface area contributed by atoms with Gasteiger partial charge in [0.25, 0.3) is 0 Å². The van der Waals surface area contributed by atoms with E-state index in [-0.39, 0.29) is 5.75 Å². The van der Waals surface area contributed by atoms with Crippen molar-refractivity contribution >= 4 is 0 Å². The van der Waals surface area contributed by atoms with E-state index in [9.17, 15) is 5.11 Å². The van der Waals surface area contributed by atoms with Crippen LogP contribution in [0.25, 0.3) is 45.6 Å². The van der Waals surface area contributed by atoms with Gasteiger partial charge in [-0.15, -0.1) is 0 Å². The van der Waals surface area contributed by atoms with Crippen molar-refractivity contribution in [3.05, 3.63) is 83.4 Å². The van der Waals surface area contributed by atoms with Gasteiger partial charge >= 0.3 is 0 Å². The average molecular weight is 589 g/mol. The maximum absolute atomic E-state index is 11.4. The summed E-state index contributed by atoms with van der Waals surface area (Å²) < 4.78 is 6.13. The number of aryl methyl sites for hydroxylation is 4. The van der Waals surface area contributed by atoms with Crippen LogP contribution in [0, 0.1) is 27.7 Å². The van der Waals surface area contributed by atoms with Gasteiger partial charge in [0, 0.05) is 22.8 Å². The first-order valence-corrected chi connectivity index (χ1v) is 15.4. The van der Waals surface area contributed by atoms with Crippen LogP contribution in [0.5, 0.6) is 11.5 Å². The zero-order chi connectivity index (χ0) is 31.1. The molecule has 3 aromatic carbocycles. The van der Waals surface area contributed by atoms with E-state index in [0.717, 1.165) is 46.2 Å². The largest absolute Gasteiger partial charge is 0.507 e. The number of hydrogen-bond donors (Lipinski definition) is 1. The Morgan fingerprint density at radius 1 is 0.591 bits per heavy atom. The van der Waals surface area contributed by atoms with Gasteiger partial charge in [0.15, 0.2) is 23.3 Å². The van der Waals surface area contributed by atoms with Gasteiger partial charge in [0.1, 0.15) is 24.2 Å². The average Bonchev–Trinajstić information content (AvgIpc) is 3.00. The van der Waals surface area contributed by atoms with Crippen molar-refractivity contribution in [2.45, 2.75) is 73.1 Å². The summed E-state index contributed by atoms with van der Waals surface area (Å²) in [6, 6.07) is 15.8.